The van der Waals surface area contributed by atoms with Crippen LogP contribution in [0.25, 0.3) is 0 Å². The van der Waals surface area contributed by atoms with E-state index < -0.39 is 11.7 Å². The highest BCUT2D eigenvalue weighted by atomic mass is 79.9. The standard InChI is InChI=1S/C14H13BrF3N3/c15-10-8-5-9(13-12(8)20-21-13)11(10)19-7-3-1-2-6(4-7)14(16,17)18/h1-4,8-13,19H,5H2. The lowest BCUT2D eigenvalue weighted by Gasteiger charge is -2.39. The first-order chi connectivity index (χ1) is 9.95. The topological polar surface area (TPSA) is 36.8 Å². The van der Waals surface area contributed by atoms with Crippen LogP contribution in [0.15, 0.2) is 34.5 Å². The lowest BCUT2D eigenvalue weighted by molar-refractivity contribution is -0.137. The quantitative estimate of drug-likeness (QED) is 0.792. The van der Waals surface area contributed by atoms with Gasteiger partial charge in [0.25, 0.3) is 0 Å². The maximum absolute atomic E-state index is 12.8. The molecule has 3 aliphatic rings. The molecule has 0 amide bonds. The van der Waals surface area contributed by atoms with Crippen molar-refractivity contribution in [1.82, 2.24) is 0 Å². The summed E-state index contributed by atoms with van der Waals surface area (Å²) in [6, 6.07) is 6.07. The molecule has 1 aromatic rings. The molecule has 3 nitrogen and oxygen atoms in total. The van der Waals surface area contributed by atoms with Crippen molar-refractivity contribution in [3.05, 3.63) is 29.8 Å². The molecule has 1 heterocycles. The van der Waals surface area contributed by atoms with Crippen molar-refractivity contribution < 1.29 is 13.2 Å². The predicted molar refractivity (Wildman–Crippen MR) is 75.6 cm³/mol. The van der Waals surface area contributed by atoms with Crippen LogP contribution in [0.5, 0.6) is 0 Å². The van der Waals surface area contributed by atoms with Gasteiger partial charge in [0.15, 0.2) is 0 Å². The molecule has 2 bridgehead atoms. The number of rotatable bonds is 2. The Labute approximate surface area is 128 Å². The van der Waals surface area contributed by atoms with Gasteiger partial charge in [-0.15, -0.1) is 0 Å². The summed E-state index contributed by atoms with van der Waals surface area (Å²) in [6.45, 7) is 0. The second-order valence-corrected chi connectivity index (χ2v) is 7.03. The van der Waals surface area contributed by atoms with E-state index in [1.165, 1.54) is 12.1 Å². The van der Waals surface area contributed by atoms with Crippen LogP contribution in [0.3, 0.4) is 0 Å². The number of azo groups is 1. The third-order valence-electron chi connectivity index (χ3n) is 4.84. The molecule has 0 radical (unpaired) electrons. The summed E-state index contributed by atoms with van der Waals surface area (Å²) in [4.78, 5) is 0.234. The normalized spacial score (nSPS) is 40.0. The zero-order valence-electron chi connectivity index (χ0n) is 10.9. The maximum Gasteiger partial charge on any atom is 0.416 e. The molecule has 0 aromatic heterocycles. The van der Waals surface area contributed by atoms with Crippen LogP contribution in [-0.2, 0) is 6.18 Å². The van der Waals surface area contributed by atoms with E-state index in [1.807, 2.05) is 0 Å². The zero-order chi connectivity index (χ0) is 14.8. The number of alkyl halides is 4. The minimum Gasteiger partial charge on any atom is -0.381 e. The minimum absolute atomic E-state index is 0.110. The van der Waals surface area contributed by atoms with Crippen molar-refractivity contribution in [3.8, 4) is 0 Å². The summed E-state index contributed by atoms with van der Waals surface area (Å²) in [5.74, 6) is 0.803. The van der Waals surface area contributed by atoms with Crippen molar-refractivity contribution in [2.24, 2.45) is 22.1 Å². The van der Waals surface area contributed by atoms with Gasteiger partial charge in [0, 0.05) is 28.4 Å². The molecular formula is C14H13BrF3N3. The molecule has 2 aliphatic carbocycles. The molecular weight excluding hydrogens is 347 g/mol. The number of hydrogen-bond donors (Lipinski definition) is 1. The molecule has 1 N–H and O–H groups in total. The van der Waals surface area contributed by atoms with E-state index in [9.17, 15) is 13.2 Å². The highest BCUT2D eigenvalue weighted by Gasteiger charge is 2.61. The molecule has 7 heteroatoms. The van der Waals surface area contributed by atoms with Gasteiger partial charge in [-0.3, -0.25) is 0 Å². The lowest BCUT2D eigenvalue weighted by Crippen LogP contribution is -2.50. The summed E-state index contributed by atoms with van der Waals surface area (Å²) in [5, 5.41) is 11.6. The summed E-state index contributed by atoms with van der Waals surface area (Å²) in [7, 11) is 0. The monoisotopic (exact) mass is 359 g/mol. The van der Waals surface area contributed by atoms with Gasteiger partial charge in [-0.1, -0.05) is 22.0 Å². The highest BCUT2D eigenvalue weighted by Crippen LogP contribution is 2.54. The summed E-state index contributed by atoms with van der Waals surface area (Å²) in [5.41, 5.74) is -0.109. The fourth-order valence-corrected chi connectivity index (χ4v) is 4.89. The zero-order valence-corrected chi connectivity index (χ0v) is 12.5. The van der Waals surface area contributed by atoms with Crippen LogP contribution in [0.1, 0.15) is 12.0 Å². The van der Waals surface area contributed by atoms with Gasteiger partial charge in [0.1, 0.15) is 6.04 Å². The van der Waals surface area contributed by atoms with E-state index >= 15 is 0 Å². The van der Waals surface area contributed by atoms with Crippen molar-refractivity contribution in [2.45, 2.75) is 35.5 Å². The van der Waals surface area contributed by atoms with Gasteiger partial charge < -0.3 is 5.32 Å². The number of fused-ring (bicyclic) bond motifs is 5. The van der Waals surface area contributed by atoms with E-state index in [0.717, 1.165) is 12.5 Å². The van der Waals surface area contributed by atoms with Gasteiger partial charge >= 0.3 is 6.18 Å². The Bertz CT molecular complexity index is 603. The van der Waals surface area contributed by atoms with Gasteiger partial charge in [-0.25, -0.2) is 0 Å². The van der Waals surface area contributed by atoms with Crippen molar-refractivity contribution in [3.63, 3.8) is 0 Å². The first kappa shape index (κ1) is 13.5. The van der Waals surface area contributed by atoms with Crippen LogP contribution in [0.4, 0.5) is 18.9 Å². The first-order valence-corrected chi connectivity index (χ1v) is 7.84. The average molecular weight is 360 g/mol. The molecule has 0 saturated heterocycles. The second-order valence-electron chi connectivity index (χ2n) is 5.97. The van der Waals surface area contributed by atoms with Gasteiger partial charge in [0.2, 0.25) is 0 Å². The Kier molecular flexibility index (Phi) is 2.87. The number of nitrogens with zero attached hydrogens (tertiary/aromatic N) is 2. The largest absolute Gasteiger partial charge is 0.416 e. The number of nitrogens with one attached hydrogen (secondary N) is 1. The third-order valence-corrected chi connectivity index (χ3v) is 6.09. The van der Waals surface area contributed by atoms with E-state index in [-0.39, 0.29) is 16.9 Å². The molecule has 6 atom stereocenters. The SMILES string of the molecule is FC(F)(F)c1cccc(NC2C(Br)C3CC2C2N=NC32)c1. The molecule has 2 fully saturated rings. The number of benzene rings is 1. The summed E-state index contributed by atoms with van der Waals surface area (Å²) >= 11 is 3.69. The van der Waals surface area contributed by atoms with Crippen LogP contribution < -0.4 is 5.32 Å². The van der Waals surface area contributed by atoms with Crippen molar-refractivity contribution >= 4 is 21.6 Å². The fraction of sp³-hybridized carbons (Fsp3) is 0.571. The Hall–Kier alpha value is -1.11. The van der Waals surface area contributed by atoms with Crippen LogP contribution in [0, 0.1) is 11.8 Å². The Morgan fingerprint density at radius 3 is 2.52 bits per heavy atom. The third kappa shape index (κ3) is 2.00. The summed E-state index contributed by atoms with van der Waals surface area (Å²) < 4.78 is 38.3. The Balaban J connectivity index is 1.56. The molecule has 2 saturated carbocycles. The van der Waals surface area contributed by atoms with Gasteiger partial charge in [-0.05, 0) is 24.6 Å². The smallest absolute Gasteiger partial charge is 0.381 e. The molecule has 112 valence electrons. The van der Waals surface area contributed by atoms with Gasteiger partial charge in [-0.2, -0.15) is 23.4 Å². The number of halogens is 4. The fourth-order valence-electron chi connectivity index (χ4n) is 3.84. The van der Waals surface area contributed by atoms with Crippen LogP contribution in [0.2, 0.25) is 0 Å². The van der Waals surface area contributed by atoms with E-state index in [4.69, 9.17) is 0 Å². The van der Waals surface area contributed by atoms with Crippen LogP contribution in [-0.4, -0.2) is 23.0 Å². The minimum atomic E-state index is -4.31. The number of anilines is 1. The second kappa shape index (κ2) is 4.44. The van der Waals surface area contributed by atoms with Crippen LogP contribution >= 0.6 is 15.9 Å². The van der Waals surface area contributed by atoms with Crippen molar-refractivity contribution in [2.75, 3.05) is 5.32 Å². The Morgan fingerprint density at radius 1 is 1.14 bits per heavy atom. The first-order valence-electron chi connectivity index (χ1n) is 6.93. The van der Waals surface area contributed by atoms with Gasteiger partial charge in [0.05, 0.1) is 11.6 Å². The summed E-state index contributed by atoms with van der Waals surface area (Å²) in [6.07, 6.45) is -3.28. The van der Waals surface area contributed by atoms with Crippen molar-refractivity contribution in [1.29, 1.82) is 0 Å². The molecule has 21 heavy (non-hydrogen) atoms. The molecule has 6 unspecified atom stereocenters. The van der Waals surface area contributed by atoms with E-state index in [0.29, 0.717) is 23.6 Å². The molecule has 0 spiro atoms. The predicted octanol–water partition coefficient (Wildman–Crippen LogP) is 4.10. The van der Waals surface area contributed by atoms with E-state index in [2.05, 4.69) is 31.5 Å². The van der Waals surface area contributed by atoms with E-state index in [1.54, 1.807) is 6.07 Å². The highest BCUT2D eigenvalue weighted by molar-refractivity contribution is 9.09. The lowest BCUT2D eigenvalue weighted by atomic mass is 9.85. The average Bonchev–Trinajstić information content (AvgIpc) is 2.80. The molecule has 1 aliphatic heterocycles. The molecule has 4 rings (SSSR count). The molecule has 1 aromatic carbocycles. The number of hydrogen-bond acceptors (Lipinski definition) is 3. The maximum atomic E-state index is 12.8. The Morgan fingerprint density at radius 2 is 1.86 bits per heavy atom.